The number of rotatable bonds is 5. The predicted octanol–water partition coefficient (Wildman–Crippen LogP) is 5.82. The minimum Gasteiger partial charge on any atom is -0.335 e. The zero-order valence-electron chi connectivity index (χ0n) is 21.0. The molecule has 0 atom stereocenters. The third-order valence-corrected chi connectivity index (χ3v) is 7.52. The maximum absolute atomic E-state index is 13.5. The van der Waals surface area contributed by atoms with Gasteiger partial charge in [-0.3, -0.25) is 19.9 Å². The van der Waals surface area contributed by atoms with Gasteiger partial charge in [-0.05, 0) is 78.9 Å². The summed E-state index contributed by atoms with van der Waals surface area (Å²) in [7, 11) is 0. The van der Waals surface area contributed by atoms with Crippen LogP contribution in [0, 0.1) is 5.82 Å². The molecular formula is C31H27FN6. The van der Waals surface area contributed by atoms with E-state index in [1.165, 1.54) is 49.2 Å². The molecule has 1 N–H and O–H groups in total. The molecule has 1 saturated heterocycles. The summed E-state index contributed by atoms with van der Waals surface area (Å²) in [6.45, 7) is 3.99. The quantitative estimate of drug-likeness (QED) is 0.329. The molecule has 0 bridgehead atoms. The van der Waals surface area contributed by atoms with E-state index in [1.54, 1.807) is 24.5 Å². The molecule has 3 aromatic heterocycles. The molecule has 1 fully saturated rings. The molecule has 188 valence electrons. The lowest BCUT2D eigenvalue weighted by molar-refractivity contribution is 0.331. The number of hydrogen-bond acceptors (Lipinski definition) is 5. The average Bonchev–Trinajstić information content (AvgIpc) is 3.63. The van der Waals surface area contributed by atoms with Gasteiger partial charge in [-0.15, -0.1) is 0 Å². The molecule has 2 aliphatic heterocycles. The van der Waals surface area contributed by atoms with Gasteiger partial charge in [0.25, 0.3) is 0 Å². The SMILES string of the molecule is Fc1ccc(-c2cncc3[nH]c(C4=NCCc5ccc(-c6cncc(CN7CCCC7)c6)cc54)nc23)cc1. The van der Waals surface area contributed by atoms with Gasteiger partial charge in [-0.2, -0.15) is 0 Å². The topological polar surface area (TPSA) is 70.1 Å². The highest BCUT2D eigenvalue weighted by molar-refractivity contribution is 6.14. The van der Waals surface area contributed by atoms with E-state index < -0.39 is 0 Å². The number of likely N-dealkylation sites (tertiary alicyclic amines) is 1. The van der Waals surface area contributed by atoms with Crippen molar-refractivity contribution in [2.75, 3.05) is 19.6 Å². The van der Waals surface area contributed by atoms with E-state index in [2.05, 4.69) is 44.1 Å². The van der Waals surface area contributed by atoms with Crippen LogP contribution in [0.3, 0.4) is 0 Å². The summed E-state index contributed by atoms with van der Waals surface area (Å²) < 4.78 is 13.5. The number of nitrogens with zero attached hydrogens (tertiary/aromatic N) is 5. The maximum Gasteiger partial charge on any atom is 0.157 e. The Morgan fingerprint density at radius 3 is 2.50 bits per heavy atom. The second kappa shape index (κ2) is 9.58. The van der Waals surface area contributed by atoms with Gasteiger partial charge >= 0.3 is 0 Å². The molecule has 0 aliphatic carbocycles. The number of hydrogen-bond donors (Lipinski definition) is 1. The van der Waals surface area contributed by atoms with Crippen molar-refractivity contribution in [3.63, 3.8) is 0 Å². The van der Waals surface area contributed by atoms with Gasteiger partial charge in [-0.25, -0.2) is 9.37 Å². The van der Waals surface area contributed by atoms with E-state index in [0.29, 0.717) is 6.54 Å². The zero-order valence-corrected chi connectivity index (χ0v) is 21.0. The minimum atomic E-state index is -0.266. The van der Waals surface area contributed by atoms with Crippen molar-refractivity contribution in [1.29, 1.82) is 0 Å². The summed E-state index contributed by atoms with van der Waals surface area (Å²) in [6, 6.07) is 15.3. The highest BCUT2D eigenvalue weighted by atomic mass is 19.1. The van der Waals surface area contributed by atoms with Crippen LogP contribution in [-0.2, 0) is 13.0 Å². The van der Waals surface area contributed by atoms with Gasteiger partial charge in [0.1, 0.15) is 11.5 Å². The average molecular weight is 503 g/mol. The number of imidazole rings is 1. The molecule has 0 radical (unpaired) electrons. The molecule has 0 spiro atoms. The molecule has 6 nitrogen and oxygen atoms in total. The number of benzene rings is 2. The van der Waals surface area contributed by atoms with Crippen LogP contribution in [0.5, 0.6) is 0 Å². The van der Waals surface area contributed by atoms with Crippen LogP contribution in [0.15, 0.2) is 78.3 Å². The summed E-state index contributed by atoms with van der Waals surface area (Å²) in [5.74, 6) is 0.452. The number of pyridine rings is 2. The van der Waals surface area contributed by atoms with Gasteiger partial charge in [0.2, 0.25) is 0 Å². The van der Waals surface area contributed by atoms with E-state index >= 15 is 0 Å². The lowest BCUT2D eigenvalue weighted by atomic mass is 9.93. The molecule has 0 unspecified atom stereocenters. The van der Waals surface area contributed by atoms with Gasteiger partial charge in [0.15, 0.2) is 5.82 Å². The normalized spacial score (nSPS) is 15.6. The minimum absolute atomic E-state index is 0.266. The number of aromatic amines is 1. The Morgan fingerprint density at radius 1 is 0.816 bits per heavy atom. The van der Waals surface area contributed by atoms with Crippen molar-refractivity contribution >= 4 is 16.7 Å². The molecule has 5 heterocycles. The maximum atomic E-state index is 13.5. The number of aliphatic imine (C=N–C) groups is 1. The fraction of sp³-hybridized carbons (Fsp3) is 0.226. The van der Waals surface area contributed by atoms with Gasteiger partial charge < -0.3 is 4.98 Å². The largest absolute Gasteiger partial charge is 0.335 e. The number of aromatic nitrogens is 4. The monoisotopic (exact) mass is 502 g/mol. The van der Waals surface area contributed by atoms with Gasteiger partial charge in [0.05, 0.1) is 17.2 Å². The Labute approximate surface area is 220 Å². The lowest BCUT2D eigenvalue weighted by Crippen LogP contribution is -2.18. The first-order valence-electron chi connectivity index (χ1n) is 13.2. The molecule has 7 rings (SSSR count). The number of H-pyrrole nitrogens is 1. The van der Waals surface area contributed by atoms with E-state index in [0.717, 1.165) is 63.4 Å². The van der Waals surface area contributed by atoms with E-state index in [4.69, 9.17) is 9.98 Å². The van der Waals surface area contributed by atoms with Crippen LogP contribution < -0.4 is 0 Å². The molecule has 5 aromatic rings. The van der Waals surface area contributed by atoms with Crippen LogP contribution in [0.1, 0.15) is 35.4 Å². The fourth-order valence-electron chi connectivity index (χ4n) is 5.59. The van der Waals surface area contributed by atoms with Crippen molar-refractivity contribution in [1.82, 2.24) is 24.8 Å². The van der Waals surface area contributed by atoms with Crippen molar-refractivity contribution in [2.45, 2.75) is 25.8 Å². The predicted molar refractivity (Wildman–Crippen MR) is 148 cm³/mol. The fourth-order valence-corrected chi connectivity index (χ4v) is 5.59. The van der Waals surface area contributed by atoms with E-state index in [1.807, 2.05) is 12.4 Å². The Balaban J connectivity index is 1.25. The number of halogens is 1. The Morgan fingerprint density at radius 2 is 1.63 bits per heavy atom. The molecular weight excluding hydrogens is 475 g/mol. The smallest absolute Gasteiger partial charge is 0.157 e. The highest BCUT2D eigenvalue weighted by Gasteiger charge is 2.21. The van der Waals surface area contributed by atoms with Crippen LogP contribution in [0.25, 0.3) is 33.3 Å². The second-order valence-corrected chi connectivity index (χ2v) is 10.1. The summed E-state index contributed by atoms with van der Waals surface area (Å²) in [5, 5.41) is 0. The van der Waals surface area contributed by atoms with E-state index in [-0.39, 0.29) is 5.82 Å². The van der Waals surface area contributed by atoms with Crippen LogP contribution in [0.2, 0.25) is 0 Å². The molecule has 38 heavy (non-hydrogen) atoms. The number of nitrogens with one attached hydrogen (secondary N) is 1. The molecule has 2 aliphatic rings. The Kier molecular flexibility index (Phi) is 5.78. The van der Waals surface area contributed by atoms with Crippen molar-refractivity contribution in [2.24, 2.45) is 4.99 Å². The molecule has 2 aromatic carbocycles. The van der Waals surface area contributed by atoms with Crippen molar-refractivity contribution in [3.05, 3.63) is 102 Å². The summed E-state index contributed by atoms with van der Waals surface area (Å²) >= 11 is 0. The summed E-state index contributed by atoms with van der Waals surface area (Å²) in [5.41, 5.74) is 10.0. The van der Waals surface area contributed by atoms with Gasteiger partial charge in [0, 0.05) is 48.4 Å². The van der Waals surface area contributed by atoms with Crippen molar-refractivity contribution in [3.8, 4) is 22.3 Å². The van der Waals surface area contributed by atoms with Crippen LogP contribution in [-0.4, -0.2) is 50.2 Å². The third kappa shape index (κ3) is 4.29. The first-order valence-corrected chi connectivity index (χ1v) is 13.2. The van der Waals surface area contributed by atoms with E-state index in [9.17, 15) is 4.39 Å². The standard InChI is InChI=1S/C31H27FN6/c32-25-7-5-21(6-8-25)27-17-34-18-28-29(27)37-31(36-28)30-26-14-23(4-3-22(26)9-10-35-30)24-13-20(15-33-16-24)19-38-11-1-2-12-38/h3-8,13-18H,1-2,9-12,19H2,(H,36,37). The highest BCUT2D eigenvalue weighted by Crippen LogP contribution is 2.30. The summed E-state index contributed by atoms with van der Waals surface area (Å²) in [6.07, 6.45) is 10.9. The third-order valence-electron chi connectivity index (χ3n) is 7.52. The van der Waals surface area contributed by atoms with Crippen molar-refractivity contribution < 1.29 is 4.39 Å². The van der Waals surface area contributed by atoms with Crippen LogP contribution in [0.4, 0.5) is 4.39 Å². The number of fused-ring (bicyclic) bond motifs is 2. The second-order valence-electron chi connectivity index (χ2n) is 10.1. The molecule has 0 saturated carbocycles. The first kappa shape index (κ1) is 22.9. The molecule has 7 heteroatoms. The Bertz CT molecular complexity index is 1660. The Hall–Kier alpha value is -4.23. The first-order chi connectivity index (χ1) is 18.7. The zero-order chi connectivity index (χ0) is 25.5. The molecule has 0 amide bonds. The lowest BCUT2D eigenvalue weighted by Gasteiger charge is -2.18. The summed E-state index contributed by atoms with van der Waals surface area (Å²) in [4.78, 5) is 24.8. The van der Waals surface area contributed by atoms with Gasteiger partial charge in [-0.1, -0.05) is 24.3 Å². The van der Waals surface area contributed by atoms with Crippen LogP contribution >= 0.6 is 0 Å².